The van der Waals surface area contributed by atoms with Gasteiger partial charge < -0.3 is 20.4 Å². The van der Waals surface area contributed by atoms with Crippen molar-refractivity contribution >= 4 is 28.5 Å². The Bertz CT molecular complexity index is 807. The van der Waals surface area contributed by atoms with Gasteiger partial charge in [-0.15, -0.1) is 0 Å². The number of rotatable bonds is 5. The standard InChI is InChI=1S/C17H19N5O/c1-23-13-7-5-12(6-8-13)20-17-21-15-14(9-10-18-15)16(22-17)19-11-3-2-4-11/h5-11H,2-4H2,1H3,(H3,18,19,20,21,22). The van der Waals surface area contributed by atoms with Crippen LogP contribution in [-0.4, -0.2) is 28.1 Å². The van der Waals surface area contributed by atoms with Crippen molar-refractivity contribution in [3.8, 4) is 5.75 Å². The lowest BCUT2D eigenvalue weighted by Gasteiger charge is -2.27. The first-order valence-electron chi connectivity index (χ1n) is 7.84. The van der Waals surface area contributed by atoms with Crippen LogP contribution in [-0.2, 0) is 0 Å². The predicted molar refractivity (Wildman–Crippen MR) is 91.4 cm³/mol. The second-order valence-corrected chi connectivity index (χ2v) is 5.76. The van der Waals surface area contributed by atoms with Crippen LogP contribution in [0, 0.1) is 0 Å². The maximum Gasteiger partial charge on any atom is 0.231 e. The van der Waals surface area contributed by atoms with Gasteiger partial charge in [-0.1, -0.05) is 0 Å². The van der Waals surface area contributed by atoms with E-state index in [-0.39, 0.29) is 0 Å². The molecule has 3 N–H and O–H groups in total. The normalized spacial score (nSPS) is 14.5. The first kappa shape index (κ1) is 13.9. The number of nitrogens with zero attached hydrogens (tertiary/aromatic N) is 2. The molecule has 0 atom stereocenters. The molecule has 1 aromatic carbocycles. The summed E-state index contributed by atoms with van der Waals surface area (Å²) >= 11 is 0. The van der Waals surface area contributed by atoms with Crippen molar-refractivity contribution in [2.75, 3.05) is 17.7 Å². The minimum absolute atomic E-state index is 0.525. The van der Waals surface area contributed by atoms with Crippen LogP contribution in [0.2, 0.25) is 0 Å². The van der Waals surface area contributed by atoms with Crippen LogP contribution >= 0.6 is 0 Å². The lowest BCUT2D eigenvalue weighted by atomic mass is 9.93. The summed E-state index contributed by atoms with van der Waals surface area (Å²) in [5.74, 6) is 2.28. The Hall–Kier alpha value is -2.76. The highest BCUT2D eigenvalue weighted by Gasteiger charge is 2.19. The lowest BCUT2D eigenvalue weighted by molar-refractivity contribution is 0.415. The molecule has 0 unspecified atom stereocenters. The van der Waals surface area contributed by atoms with Gasteiger partial charge in [-0.3, -0.25) is 0 Å². The van der Waals surface area contributed by atoms with Gasteiger partial charge in [-0.2, -0.15) is 9.97 Å². The summed E-state index contributed by atoms with van der Waals surface area (Å²) in [7, 11) is 1.66. The first-order valence-corrected chi connectivity index (χ1v) is 7.84. The second kappa shape index (κ2) is 5.79. The van der Waals surface area contributed by atoms with E-state index in [9.17, 15) is 0 Å². The Labute approximate surface area is 134 Å². The smallest absolute Gasteiger partial charge is 0.231 e. The first-order chi connectivity index (χ1) is 11.3. The van der Waals surface area contributed by atoms with Gasteiger partial charge in [0, 0.05) is 17.9 Å². The van der Waals surface area contributed by atoms with Crippen molar-refractivity contribution in [1.82, 2.24) is 15.0 Å². The van der Waals surface area contributed by atoms with Crippen molar-refractivity contribution in [3.05, 3.63) is 36.5 Å². The molecule has 0 radical (unpaired) electrons. The van der Waals surface area contributed by atoms with Crippen LogP contribution in [0.25, 0.3) is 11.0 Å². The summed E-state index contributed by atoms with van der Waals surface area (Å²) in [6.45, 7) is 0. The van der Waals surface area contributed by atoms with E-state index in [4.69, 9.17) is 4.74 Å². The SMILES string of the molecule is COc1ccc(Nc2nc(NC3CCC3)c3cc[nH]c3n2)cc1. The van der Waals surface area contributed by atoms with Crippen LogP contribution in [0.4, 0.5) is 17.5 Å². The van der Waals surface area contributed by atoms with Gasteiger partial charge in [0.05, 0.1) is 12.5 Å². The molecule has 1 saturated carbocycles. The van der Waals surface area contributed by atoms with Gasteiger partial charge in [0.1, 0.15) is 17.2 Å². The number of aromatic nitrogens is 3. The average molecular weight is 309 g/mol. The molecule has 1 fully saturated rings. The molecule has 1 aliphatic rings. The van der Waals surface area contributed by atoms with E-state index in [0.29, 0.717) is 12.0 Å². The molecule has 1 aliphatic carbocycles. The summed E-state index contributed by atoms with van der Waals surface area (Å²) in [6, 6.07) is 10.2. The van der Waals surface area contributed by atoms with Gasteiger partial charge in [0.15, 0.2) is 0 Å². The maximum absolute atomic E-state index is 5.17. The maximum atomic E-state index is 5.17. The largest absolute Gasteiger partial charge is 0.497 e. The molecule has 2 aromatic heterocycles. The molecular weight excluding hydrogens is 290 g/mol. The van der Waals surface area contributed by atoms with Gasteiger partial charge >= 0.3 is 0 Å². The highest BCUT2D eigenvalue weighted by Crippen LogP contribution is 2.28. The van der Waals surface area contributed by atoms with Gasteiger partial charge in [-0.25, -0.2) is 0 Å². The number of nitrogens with one attached hydrogen (secondary N) is 3. The molecule has 6 heteroatoms. The fourth-order valence-electron chi connectivity index (χ4n) is 2.66. The fraction of sp³-hybridized carbons (Fsp3) is 0.294. The second-order valence-electron chi connectivity index (χ2n) is 5.76. The fourth-order valence-corrected chi connectivity index (χ4v) is 2.66. The van der Waals surface area contributed by atoms with Crippen LogP contribution in [0.1, 0.15) is 19.3 Å². The molecule has 6 nitrogen and oxygen atoms in total. The van der Waals surface area contributed by atoms with Crippen LogP contribution < -0.4 is 15.4 Å². The number of ether oxygens (including phenoxy) is 1. The zero-order valence-electron chi connectivity index (χ0n) is 13.0. The van der Waals surface area contributed by atoms with E-state index in [2.05, 4.69) is 25.6 Å². The van der Waals surface area contributed by atoms with E-state index in [1.807, 2.05) is 36.5 Å². The highest BCUT2D eigenvalue weighted by molar-refractivity contribution is 5.88. The summed E-state index contributed by atoms with van der Waals surface area (Å²) in [5.41, 5.74) is 1.75. The molecule has 2 heterocycles. The topological polar surface area (TPSA) is 74.9 Å². The number of fused-ring (bicyclic) bond motifs is 1. The minimum Gasteiger partial charge on any atom is -0.497 e. The highest BCUT2D eigenvalue weighted by atomic mass is 16.5. The van der Waals surface area contributed by atoms with E-state index < -0.39 is 0 Å². The van der Waals surface area contributed by atoms with Crippen molar-refractivity contribution in [3.63, 3.8) is 0 Å². The minimum atomic E-state index is 0.525. The number of benzene rings is 1. The molecular formula is C17H19N5O. The van der Waals surface area contributed by atoms with E-state index in [1.165, 1.54) is 19.3 Å². The number of hydrogen-bond donors (Lipinski definition) is 3. The summed E-state index contributed by atoms with van der Waals surface area (Å²) < 4.78 is 5.17. The molecule has 23 heavy (non-hydrogen) atoms. The quantitative estimate of drug-likeness (QED) is 0.670. The third kappa shape index (κ3) is 2.79. The number of aromatic amines is 1. The number of methoxy groups -OCH3 is 1. The summed E-state index contributed by atoms with van der Waals surface area (Å²) in [4.78, 5) is 12.3. The van der Waals surface area contributed by atoms with Crippen molar-refractivity contribution in [2.24, 2.45) is 0 Å². The zero-order valence-corrected chi connectivity index (χ0v) is 13.0. The van der Waals surface area contributed by atoms with E-state index in [0.717, 1.165) is 28.3 Å². The Morgan fingerprint density at radius 1 is 1.13 bits per heavy atom. The Morgan fingerprint density at radius 2 is 1.96 bits per heavy atom. The molecule has 0 amide bonds. The average Bonchev–Trinajstić information content (AvgIpc) is 3.00. The Kier molecular flexibility index (Phi) is 3.49. The van der Waals surface area contributed by atoms with Crippen LogP contribution in [0.3, 0.4) is 0 Å². The van der Waals surface area contributed by atoms with Crippen molar-refractivity contribution < 1.29 is 4.74 Å². The van der Waals surface area contributed by atoms with E-state index >= 15 is 0 Å². The molecule has 118 valence electrons. The third-order valence-corrected chi connectivity index (χ3v) is 4.21. The Morgan fingerprint density at radius 3 is 2.65 bits per heavy atom. The molecule has 3 aromatic rings. The van der Waals surface area contributed by atoms with Gasteiger partial charge in [-0.05, 0) is 49.6 Å². The van der Waals surface area contributed by atoms with Crippen LogP contribution in [0.5, 0.6) is 5.75 Å². The summed E-state index contributed by atoms with van der Waals surface area (Å²) in [5, 5.41) is 7.79. The number of anilines is 3. The van der Waals surface area contributed by atoms with Gasteiger partial charge in [0.2, 0.25) is 5.95 Å². The number of hydrogen-bond acceptors (Lipinski definition) is 5. The molecule has 0 bridgehead atoms. The summed E-state index contributed by atoms with van der Waals surface area (Å²) in [6.07, 6.45) is 5.59. The van der Waals surface area contributed by atoms with Crippen molar-refractivity contribution in [2.45, 2.75) is 25.3 Å². The number of H-pyrrole nitrogens is 1. The van der Waals surface area contributed by atoms with E-state index in [1.54, 1.807) is 7.11 Å². The molecule has 0 spiro atoms. The predicted octanol–water partition coefficient (Wildman–Crippen LogP) is 3.67. The third-order valence-electron chi connectivity index (χ3n) is 4.21. The van der Waals surface area contributed by atoms with Crippen molar-refractivity contribution in [1.29, 1.82) is 0 Å². The molecule has 0 aliphatic heterocycles. The van der Waals surface area contributed by atoms with Crippen LogP contribution in [0.15, 0.2) is 36.5 Å². The monoisotopic (exact) mass is 309 g/mol. The molecule has 4 rings (SSSR count). The molecule has 0 saturated heterocycles. The van der Waals surface area contributed by atoms with Gasteiger partial charge in [0.25, 0.3) is 0 Å². The zero-order chi connectivity index (χ0) is 15.6. The Balaban J connectivity index is 1.62. The lowest BCUT2D eigenvalue weighted by Crippen LogP contribution is -2.27.